The lowest BCUT2D eigenvalue weighted by atomic mass is 9.90. The maximum atomic E-state index is 14.5. The highest BCUT2D eigenvalue weighted by Gasteiger charge is 2.33. The van der Waals surface area contributed by atoms with Gasteiger partial charge >= 0.3 is 6.09 Å². The molecule has 42 heavy (non-hydrogen) atoms. The number of alkyl carbamates (subject to hydrolysis) is 1. The number of benzene rings is 2. The first-order chi connectivity index (χ1) is 20.0. The highest BCUT2D eigenvalue weighted by atomic mass is 19.1. The Morgan fingerprint density at radius 3 is 2.55 bits per heavy atom. The average Bonchev–Trinajstić information content (AvgIpc) is 2.92. The van der Waals surface area contributed by atoms with E-state index in [1.165, 1.54) is 12.1 Å². The minimum atomic E-state index is -0.566. The molecule has 1 amide bonds. The van der Waals surface area contributed by atoms with Crippen molar-refractivity contribution in [2.24, 2.45) is 0 Å². The van der Waals surface area contributed by atoms with Crippen LogP contribution in [-0.2, 0) is 4.74 Å². The van der Waals surface area contributed by atoms with Crippen LogP contribution in [0.2, 0.25) is 0 Å². The molecule has 0 unspecified atom stereocenters. The summed E-state index contributed by atoms with van der Waals surface area (Å²) < 4.78 is 44.0. The number of hydrogen-bond acceptors (Lipinski definition) is 9. The number of ether oxygens (including phenoxy) is 5. The first kappa shape index (κ1) is 29.5. The fourth-order valence-corrected chi connectivity index (χ4v) is 5.10. The van der Waals surface area contributed by atoms with Crippen LogP contribution >= 0.6 is 0 Å². The zero-order chi connectivity index (χ0) is 29.9. The van der Waals surface area contributed by atoms with E-state index in [-0.39, 0.29) is 17.4 Å². The van der Waals surface area contributed by atoms with Crippen LogP contribution in [0.4, 0.5) is 14.9 Å². The molecule has 2 aliphatic rings. The number of rotatable bonds is 8. The molecule has 3 aromatic rings. The Bertz CT molecular complexity index is 1440. The van der Waals surface area contributed by atoms with Gasteiger partial charge in [-0.05, 0) is 65.2 Å². The number of anilines is 1. The van der Waals surface area contributed by atoms with Gasteiger partial charge in [0.15, 0.2) is 23.1 Å². The third-order valence-corrected chi connectivity index (χ3v) is 7.26. The van der Waals surface area contributed by atoms with Gasteiger partial charge in [0, 0.05) is 49.2 Å². The van der Waals surface area contributed by atoms with Gasteiger partial charge in [-0.3, -0.25) is 4.98 Å². The molecule has 0 spiro atoms. The number of likely N-dealkylation sites (tertiary alicyclic amines) is 1. The van der Waals surface area contributed by atoms with Crippen molar-refractivity contribution in [1.29, 1.82) is 0 Å². The van der Waals surface area contributed by atoms with E-state index >= 15 is 0 Å². The number of piperidine rings is 1. The summed E-state index contributed by atoms with van der Waals surface area (Å²) >= 11 is 0. The molecule has 1 aromatic heterocycles. The summed E-state index contributed by atoms with van der Waals surface area (Å²) in [6.07, 6.45) is 3.70. The van der Waals surface area contributed by atoms with E-state index in [9.17, 15) is 9.18 Å². The van der Waals surface area contributed by atoms with Crippen LogP contribution in [0.3, 0.4) is 0 Å². The van der Waals surface area contributed by atoms with E-state index in [0.717, 1.165) is 38.9 Å². The Morgan fingerprint density at radius 1 is 1.10 bits per heavy atom. The molecule has 2 aliphatic heterocycles. The molecule has 0 atom stereocenters. The smallest absolute Gasteiger partial charge is 0.408 e. The number of nitrogen functional groups attached to an aromatic ring is 1. The number of nitrogens with one attached hydrogen (secondary N) is 1. The molecule has 10 nitrogen and oxygen atoms in total. The van der Waals surface area contributed by atoms with Crippen LogP contribution in [0, 0.1) is 5.82 Å². The van der Waals surface area contributed by atoms with E-state index in [0.29, 0.717) is 59.4 Å². The van der Waals surface area contributed by atoms with Gasteiger partial charge in [-0.15, -0.1) is 0 Å². The van der Waals surface area contributed by atoms with E-state index in [1.807, 2.05) is 20.8 Å². The second-order valence-corrected chi connectivity index (χ2v) is 12.0. The Morgan fingerprint density at radius 2 is 1.83 bits per heavy atom. The summed E-state index contributed by atoms with van der Waals surface area (Å²) in [7, 11) is 0. The monoisotopic (exact) mass is 582 g/mol. The zero-order valence-corrected chi connectivity index (χ0v) is 24.6. The average molecular weight is 583 g/mol. The number of pyridine rings is 1. The topological polar surface area (TPSA) is 117 Å². The molecular formula is C31H39FN4O6. The lowest BCUT2D eigenvalue weighted by molar-refractivity contribution is 0.0403. The first-order valence-electron chi connectivity index (χ1n) is 14.3. The minimum Gasteiger partial charge on any atom is -0.489 e. The molecular weight excluding hydrogens is 543 g/mol. The highest BCUT2D eigenvalue weighted by Crippen LogP contribution is 2.48. The summed E-state index contributed by atoms with van der Waals surface area (Å²) in [6, 6.07) is 7.72. The second-order valence-electron chi connectivity index (χ2n) is 12.0. The SMILES string of the molecule is CC1(NC(=O)OC(C)(C)C)CCN(CCCOc2cc3nccc(Oc4ccc(N)cc4F)c3c3c2OCCO3)CC1. The van der Waals surface area contributed by atoms with Crippen LogP contribution in [0.1, 0.15) is 47.0 Å². The lowest BCUT2D eigenvalue weighted by Gasteiger charge is -2.40. The normalized spacial score (nSPS) is 16.6. The highest BCUT2D eigenvalue weighted by molar-refractivity contribution is 5.95. The van der Waals surface area contributed by atoms with Crippen molar-refractivity contribution < 1.29 is 32.9 Å². The Labute approximate surface area is 245 Å². The molecule has 0 aliphatic carbocycles. The van der Waals surface area contributed by atoms with Crippen molar-refractivity contribution in [3.05, 3.63) is 42.3 Å². The molecule has 0 radical (unpaired) electrons. The molecule has 5 rings (SSSR count). The number of carbonyl (C=O) groups excluding carboxylic acids is 1. The first-order valence-corrected chi connectivity index (χ1v) is 14.3. The molecule has 0 bridgehead atoms. The van der Waals surface area contributed by atoms with E-state index < -0.39 is 11.4 Å². The number of halogens is 1. The van der Waals surface area contributed by atoms with Crippen LogP contribution in [0.25, 0.3) is 10.9 Å². The lowest BCUT2D eigenvalue weighted by Crippen LogP contribution is -2.54. The van der Waals surface area contributed by atoms with Gasteiger partial charge < -0.3 is 39.6 Å². The number of fused-ring (bicyclic) bond motifs is 3. The van der Waals surface area contributed by atoms with E-state index in [1.54, 1.807) is 24.4 Å². The van der Waals surface area contributed by atoms with Crippen molar-refractivity contribution in [1.82, 2.24) is 15.2 Å². The molecule has 1 saturated heterocycles. The van der Waals surface area contributed by atoms with Gasteiger partial charge in [-0.2, -0.15) is 0 Å². The number of carbonyl (C=O) groups is 1. The standard InChI is InChI=1S/C31H39FN4O6/c1-30(2,3)42-29(37)35-31(4)9-13-36(14-10-31)12-5-15-38-25-19-22-26(28-27(25)39-16-17-40-28)24(8-11-34-22)41-23-7-6-20(33)18-21(23)32/h6-8,11,18-19H,5,9-10,12-17,33H2,1-4H3,(H,35,37). The summed E-state index contributed by atoms with van der Waals surface area (Å²) in [5.41, 5.74) is 5.76. The third kappa shape index (κ3) is 7.07. The summed E-state index contributed by atoms with van der Waals surface area (Å²) in [5.74, 6) is 1.33. The number of nitrogens with zero attached hydrogens (tertiary/aromatic N) is 2. The number of nitrogens with two attached hydrogens (primary N) is 1. The van der Waals surface area contributed by atoms with Gasteiger partial charge in [-0.25, -0.2) is 9.18 Å². The number of hydrogen-bond donors (Lipinski definition) is 2. The van der Waals surface area contributed by atoms with E-state index in [4.69, 9.17) is 29.4 Å². The van der Waals surface area contributed by atoms with Crippen molar-refractivity contribution in [3.8, 4) is 28.7 Å². The number of amides is 1. The van der Waals surface area contributed by atoms with Gasteiger partial charge in [-0.1, -0.05) is 0 Å². The molecule has 2 aromatic carbocycles. The minimum absolute atomic E-state index is 0.0427. The van der Waals surface area contributed by atoms with Crippen molar-refractivity contribution in [3.63, 3.8) is 0 Å². The van der Waals surface area contributed by atoms with Crippen LogP contribution in [0.15, 0.2) is 36.5 Å². The van der Waals surface area contributed by atoms with Crippen molar-refractivity contribution >= 4 is 22.7 Å². The van der Waals surface area contributed by atoms with E-state index in [2.05, 4.69) is 22.1 Å². The fourth-order valence-electron chi connectivity index (χ4n) is 5.10. The van der Waals surface area contributed by atoms with Crippen molar-refractivity contribution in [2.45, 2.75) is 58.1 Å². The molecule has 11 heteroatoms. The molecule has 1 fully saturated rings. The number of aromatic nitrogens is 1. The summed E-state index contributed by atoms with van der Waals surface area (Å²) in [5, 5.41) is 3.63. The maximum Gasteiger partial charge on any atom is 0.408 e. The van der Waals surface area contributed by atoms with Gasteiger partial charge in [0.05, 0.1) is 17.5 Å². The molecule has 3 heterocycles. The summed E-state index contributed by atoms with van der Waals surface area (Å²) in [4.78, 5) is 19.1. The van der Waals surface area contributed by atoms with Crippen LogP contribution in [-0.4, -0.2) is 66.6 Å². The zero-order valence-electron chi connectivity index (χ0n) is 24.6. The predicted octanol–water partition coefficient (Wildman–Crippen LogP) is 5.67. The van der Waals surface area contributed by atoms with Gasteiger partial charge in [0.1, 0.15) is 24.6 Å². The third-order valence-electron chi connectivity index (χ3n) is 7.26. The Balaban J connectivity index is 1.20. The van der Waals surface area contributed by atoms with Gasteiger partial charge in [0.2, 0.25) is 5.75 Å². The van der Waals surface area contributed by atoms with Crippen LogP contribution in [0.5, 0.6) is 28.7 Å². The van der Waals surface area contributed by atoms with Crippen molar-refractivity contribution in [2.75, 3.05) is 45.2 Å². The predicted molar refractivity (Wildman–Crippen MR) is 157 cm³/mol. The quantitative estimate of drug-likeness (QED) is 0.256. The second kappa shape index (κ2) is 12.1. The Kier molecular flexibility index (Phi) is 8.49. The Hall–Kier alpha value is -3.99. The van der Waals surface area contributed by atoms with Crippen LogP contribution < -0.4 is 30.0 Å². The maximum absolute atomic E-state index is 14.5. The molecule has 226 valence electrons. The fraction of sp³-hybridized carbons (Fsp3) is 0.484. The molecule has 0 saturated carbocycles. The largest absolute Gasteiger partial charge is 0.489 e. The molecule has 3 N–H and O–H groups in total. The summed E-state index contributed by atoms with van der Waals surface area (Å²) in [6.45, 7) is 11.5. The van der Waals surface area contributed by atoms with Gasteiger partial charge in [0.25, 0.3) is 0 Å².